The van der Waals surface area contributed by atoms with E-state index in [2.05, 4.69) is 20.8 Å². The summed E-state index contributed by atoms with van der Waals surface area (Å²) in [6, 6.07) is 29.6. The zero-order chi connectivity index (χ0) is 15.3. The van der Waals surface area contributed by atoms with Crippen LogP contribution in [0.25, 0.3) is 0 Å². The minimum absolute atomic E-state index is 0. The molecule has 0 atom stereocenters. The van der Waals surface area contributed by atoms with E-state index in [-0.39, 0.29) is 22.4 Å². The van der Waals surface area contributed by atoms with Crippen molar-refractivity contribution in [1.82, 2.24) is 0 Å². The number of hydrogen-bond acceptors (Lipinski definition) is 0. The summed E-state index contributed by atoms with van der Waals surface area (Å²) in [4.78, 5) is 0. The molecule has 113 valence electrons. The maximum absolute atomic E-state index is 3.72. The summed E-state index contributed by atoms with van der Waals surface area (Å²) in [6.45, 7) is 11.2. The first-order valence-electron chi connectivity index (χ1n) is 6.79. The summed E-state index contributed by atoms with van der Waals surface area (Å²) in [5.41, 5.74) is 3.22. The van der Waals surface area contributed by atoms with Gasteiger partial charge in [0.25, 0.3) is 0 Å². The van der Waals surface area contributed by atoms with Crippen molar-refractivity contribution in [2.24, 2.45) is 0 Å². The smallest absolute Gasteiger partial charge is 0 e. The standard InChI is InChI=1S/3C7H7.Ta/c3*1-7-5-3-2-4-6-7;/h3*2-6H,1H2;/q3*-1;. The van der Waals surface area contributed by atoms with Crippen molar-refractivity contribution in [2.45, 2.75) is 0 Å². The van der Waals surface area contributed by atoms with Crippen molar-refractivity contribution in [3.63, 3.8) is 0 Å². The molecule has 0 aromatic heterocycles. The van der Waals surface area contributed by atoms with Crippen LogP contribution in [0.4, 0.5) is 0 Å². The fourth-order valence-electron chi connectivity index (χ4n) is 1.43. The molecule has 0 saturated carbocycles. The Morgan fingerprint density at radius 3 is 0.636 bits per heavy atom. The molecule has 0 fully saturated rings. The molecule has 0 aliphatic carbocycles. The van der Waals surface area contributed by atoms with Crippen LogP contribution < -0.4 is 0 Å². The summed E-state index contributed by atoms with van der Waals surface area (Å²) >= 11 is 0. The van der Waals surface area contributed by atoms with E-state index < -0.39 is 0 Å². The van der Waals surface area contributed by atoms with Crippen molar-refractivity contribution in [3.05, 3.63) is 128 Å². The molecule has 0 aliphatic rings. The topological polar surface area (TPSA) is 0 Å². The molecule has 0 spiro atoms. The molecule has 0 nitrogen and oxygen atoms in total. The zero-order valence-electron chi connectivity index (χ0n) is 12.7. The second-order valence-corrected chi connectivity index (χ2v) is 4.46. The summed E-state index contributed by atoms with van der Waals surface area (Å²) in [5.74, 6) is 0. The summed E-state index contributed by atoms with van der Waals surface area (Å²) < 4.78 is 0. The van der Waals surface area contributed by atoms with Crippen LogP contribution in [-0.2, 0) is 22.4 Å². The first-order chi connectivity index (χ1) is 10.2. The van der Waals surface area contributed by atoms with Gasteiger partial charge in [0, 0.05) is 22.4 Å². The van der Waals surface area contributed by atoms with Gasteiger partial charge in [0.15, 0.2) is 0 Å². The fourth-order valence-corrected chi connectivity index (χ4v) is 1.43. The van der Waals surface area contributed by atoms with Crippen molar-refractivity contribution in [1.29, 1.82) is 0 Å². The van der Waals surface area contributed by atoms with Crippen molar-refractivity contribution in [3.8, 4) is 0 Å². The first kappa shape index (κ1) is 20.0. The van der Waals surface area contributed by atoms with Crippen molar-refractivity contribution in [2.75, 3.05) is 0 Å². The van der Waals surface area contributed by atoms with Gasteiger partial charge in [-0.3, -0.25) is 0 Å². The van der Waals surface area contributed by atoms with Crippen LogP contribution in [0.5, 0.6) is 0 Å². The Morgan fingerprint density at radius 1 is 0.364 bits per heavy atom. The third-order valence-corrected chi connectivity index (χ3v) is 2.53. The maximum atomic E-state index is 3.72. The predicted molar refractivity (Wildman–Crippen MR) is 92.7 cm³/mol. The summed E-state index contributed by atoms with van der Waals surface area (Å²) in [7, 11) is 0. The van der Waals surface area contributed by atoms with Crippen LogP contribution in [0.3, 0.4) is 0 Å². The molecule has 0 heterocycles. The second-order valence-electron chi connectivity index (χ2n) is 4.46. The molecule has 0 bridgehead atoms. The Hall–Kier alpha value is -1.99. The van der Waals surface area contributed by atoms with E-state index >= 15 is 0 Å². The van der Waals surface area contributed by atoms with Gasteiger partial charge in [-0.15, -0.1) is 36.4 Å². The monoisotopic (exact) mass is 454 g/mol. The maximum Gasteiger partial charge on any atom is 0 e. The average Bonchev–Trinajstić information content (AvgIpc) is 2.51. The minimum atomic E-state index is 0. The van der Waals surface area contributed by atoms with Crippen LogP contribution in [0.2, 0.25) is 0 Å². The predicted octanol–water partition coefficient (Wildman–Crippen LogP) is 5.60. The van der Waals surface area contributed by atoms with Gasteiger partial charge in [0.2, 0.25) is 0 Å². The molecule has 3 aromatic rings. The Kier molecular flexibility index (Phi) is 11.6. The molecular formula is C21H21Ta-3. The van der Waals surface area contributed by atoms with Gasteiger partial charge >= 0.3 is 0 Å². The van der Waals surface area contributed by atoms with Gasteiger partial charge in [0.1, 0.15) is 0 Å². The van der Waals surface area contributed by atoms with Crippen LogP contribution in [0, 0.1) is 20.8 Å². The second kappa shape index (κ2) is 12.7. The third-order valence-electron chi connectivity index (χ3n) is 2.53. The molecule has 3 aromatic carbocycles. The van der Waals surface area contributed by atoms with Crippen LogP contribution >= 0.6 is 0 Å². The molecule has 22 heavy (non-hydrogen) atoms. The Labute approximate surface area is 150 Å². The molecule has 1 heteroatoms. The molecule has 3 rings (SSSR count). The Morgan fingerprint density at radius 2 is 0.545 bits per heavy atom. The quantitative estimate of drug-likeness (QED) is 0.388. The molecule has 0 aliphatic heterocycles. The van der Waals surface area contributed by atoms with E-state index in [1.54, 1.807) is 0 Å². The molecular weight excluding hydrogens is 433 g/mol. The van der Waals surface area contributed by atoms with Gasteiger partial charge in [-0.05, 0) is 0 Å². The Bertz CT molecular complexity index is 485. The van der Waals surface area contributed by atoms with Crippen LogP contribution in [0.1, 0.15) is 16.7 Å². The number of benzene rings is 3. The van der Waals surface area contributed by atoms with Crippen molar-refractivity contribution < 1.29 is 22.4 Å². The van der Waals surface area contributed by atoms with E-state index in [0.29, 0.717) is 0 Å². The van der Waals surface area contributed by atoms with Gasteiger partial charge in [-0.1, -0.05) is 18.2 Å². The van der Waals surface area contributed by atoms with Gasteiger partial charge in [0.05, 0.1) is 0 Å². The van der Waals surface area contributed by atoms with Crippen LogP contribution in [-0.4, -0.2) is 0 Å². The SMILES string of the molecule is [CH2-]c1ccccc1.[CH2-]c1ccccc1.[CH2-]c1ccccc1.[Ta]. The largest absolute Gasteiger partial charge is 0.199 e. The van der Waals surface area contributed by atoms with E-state index in [9.17, 15) is 0 Å². The molecule has 1 radical (unpaired) electrons. The summed E-state index contributed by atoms with van der Waals surface area (Å²) in [6.07, 6.45) is 0. The first-order valence-corrected chi connectivity index (χ1v) is 6.79. The molecule has 0 N–H and O–H groups in total. The Balaban J connectivity index is 0.000000294. The van der Waals surface area contributed by atoms with Crippen molar-refractivity contribution >= 4 is 0 Å². The number of rotatable bonds is 0. The average molecular weight is 454 g/mol. The van der Waals surface area contributed by atoms with E-state index in [0.717, 1.165) is 16.7 Å². The van der Waals surface area contributed by atoms with Gasteiger partial charge in [-0.2, -0.15) is 73.9 Å². The zero-order valence-corrected chi connectivity index (χ0v) is 15.9. The number of hydrogen-bond donors (Lipinski definition) is 0. The third kappa shape index (κ3) is 10.8. The van der Waals surface area contributed by atoms with E-state index in [1.807, 2.05) is 91.0 Å². The fraction of sp³-hybridized carbons (Fsp3) is 0. The molecule has 0 amide bonds. The van der Waals surface area contributed by atoms with Gasteiger partial charge in [-0.25, -0.2) is 0 Å². The van der Waals surface area contributed by atoms with E-state index in [1.165, 1.54) is 0 Å². The van der Waals surface area contributed by atoms with Crippen LogP contribution in [0.15, 0.2) is 91.0 Å². The minimum Gasteiger partial charge on any atom is -0.199 e. The van der Waals surface area contributed by atoms with Gasteiger partial charge < -0.3 is 0 Å². The normalized spacial score (nSPS) is 8.18. The molecule has 0 saturated heterocycles. The summed E-state index contributed by atoms with van der Waals surface area (Å²) in [5, 5.41) is 0. The molecule has 0 unspecified atom stereocenters. The van der Waals surface area contributed by atoms with E-state index in [4.69, 9.17) is 0 Å².